The van der Waals surface area contributed by atoms with E-state index in [0.717, 1.165) is 123 Å². The van der Waals surface area contributed by atoms with E-state index in [0.29, 0.717) is 63.8 Å². The number of piperidine rings is 3. The van der Waals surface area contributed by atoms with Crippen LogP contribution in [-0.2, 0) is 69.5 Å². The summed E-state index contributed by atoms with van der Waals surface area (Å²) in [7, 11) is 0. The first-order valence-electron chi connectivity index (χ1n) is 27.6. The van der Waals surface area contributed by atoms with Crippen molar-refractivity contribution >= 4 is 29.3 Å². The standard InChI is InChI=1S/C22H26N2O2.C21H23ClN2O2.C21H23FN2O2/c23-15-18-6-8-20-19(14-18)22(16-26-20)10-12-24(13-11-22)21(25)9-7-17-4-2-1-3-5-17;2*22-17-3-1-2-15(10-17)12-20(25)24-8-6-21(7-9-24)14-26-19-5-4-16(13-23)11-18(19)21/h1-6,8,14H,7,9-13,15-16,23H2;2*1-5,10-11H,6-9,12-14,23H2. The zero-order valence-corrected chi connectivity index (χ0v) is 45.3. The predicted molar refractivity (Wildman–Crippen MR) is 302 cm³/mol. The fourth-order valence-corrected chi connectivity index (χ4v) is 12.5. The van der Waals surface area contributed by atoms with Gasteiger partial charge in [0.25, 0.3) is 0 Å². The minimum absolute atomic E-state index is 0.0177. The van der Waals surface area contributed by atoms with E-state index in [-0.39, 0.29) is 46.2 Å². The van der Waals surface area contributed by atoms with Crippen LogP contribution in [0.5, 0.6) is 17.2 Å². The molecule has 3 spiro atoms. The molecule has 3 amide bonds. The number of nitrogens with zero attached hydrogens (tertiary/aromatic N) is 3. The van der Waals surface area contributed by atoms with Gasteiger partial charge in [-0.2, -0.15) is 0 Å². The van der Waals surface area contributed by atoms with E-state index < -0.39 is 0 Å². The molecule has 78 heavy (non-hydrogen) atoms. The molecule has 6 aromatic rings. The highest BCUT2D eigenvalue weighted by Crippen LogP contribution is 2.48. The predicted octanol–water partition coefficient (Wildman–Crippen LogP) is 9.10. The van der Waals surface area contributed by atoms with E-state index in [1.165, 1.54) is 34.4 Å². The molecule has 3 fully saturated rings. The van der Waals surface area contributed by atoms with Crippen molar-refractivity contribution in [3.63, 3.8) is 0 Å². The number of hydrogen-bond donors (Lipinski definition) is 3. The van der Waals surface area contributed by atoms with Crippen LogP contribution in [0.2, 0.25) is 5.02 Å². The minimum atomic E-state index is -0.302. The molecule has 0 unspecified atom stereocenters. The largest absolute Gasteiger partial charge is 0.492 e. The molecule has 6 aromatic carbocycles. The molecule has 0 atom stereocenters. The maximum Gasteiger partial charge on any atom is 0.226 e. The molecule has 408 valence electrons. The molecule has 0 aromatic heterocycles. The van der Waals surface area contributed by atoms with Gasteiger partial charge in [0.2, 0.25) is 17.7 Å². The molecule has 0 saturated carbocycles. The van der Waals surface area contributed by atoms with Crippen molar-refractivity contribution in [3.8, 4) is 17.2 Å². The van der Waals surface area contributed by atoms with Gasteiger partial charge in [-0.15, -0.1) is 0 Å². The second kappa shape index (κ2) is 24.1. The molecule has 6 aliphatic rings. The van der Waals surface area contributed by atoms with Crippen LogP contribution in [0.15, 0.2) is 133 Å². The van der Waals surface area contributed by atoms with Crippen molar-refractivity contribution in [2.24, 2.45) is 17.2 Å². The van der Waals surface area contributed by atoms with Gasteiger partial charge < -0.3 is 46.1 Å². The van der Waals surface area contributed by atoms with Gasteiger partial charge in [0.05, 0.1) is 32.7 Å². The summed E-state index contributed by atoms with van der Waals surface area (Å²) < 4.78 is 31.1. The lowest BCUT2D eigenvalue weighted by Gasteiger charge is -2.38. The van der Waals surface area contributed by atoms with E-state index >= 15 is 0 Å². The lowest BCUT2D eigenvalue weighted by Crippen LogP contribution is -2.46. The summed E-state index contributed by atoms with van der Waals surface area (Å²) in [6.07, 6.45) is 7.58. The van der Waals surface area contributed by atoms with Crippen LogP contribution < -0.4 is 31.4 Å². The minimum Gasteiger partial charge on any atom is -0.492 e. The number of amides is 3. The highest BCUT2D eigenvalue weighted by Gasteiger charge is 2.46. The Balaban J connectivity index is 0.000000132. The maximum absolute atomic E-state index is 13.3. The van der Waals surface area contributed by atoms with Gasteiger partial charge >= 0.3 is 0 Å². The SMILES string of the molecule is NCc1ccc2c(c1)C1(CCN(C(=O)CCc3ccccc3)CC1)CO2.NCc1ccc2c(c1)C1(CCN(C(=O)Cc3cccc(Cl)c3)CC1)CO2.NCc1ccc2c(c1)C1(CCN(C(=O)Cc3cccc(F)c3)CC1)CO2. The van der Waals surface area contributed by atoms with E-state index in [1.54, 1.807) is 12.1 Å². The summed E-state index contributed by atoms with van der Waals surface area (Å²) >= 11 is 6.02. The van der Waals surface area contributed by atoms with Crippen LogP contribution >= 0.6 is 11.6 Å². The van der Waals surface area contributed by atoms with Crippen molar-refractivity contribution in [2.45, 2.75) is 100 Å². The fourth-order valence-electron chi connectivity index (χ4n) is 12.3. The molecule has 12 nitrogen and oxygen atoms in total. The average molecular weight is 1080 g/mol. The molecule has 6 aliphatic heterocycles. The number of fused-ring (bicyclic) bond motifs is 6. The number of carbonyl (C=O) groups is 3. The van der Waals surface area contributed by atoms with Gasteiger partial charge in [-0.05, 0) is 121 Å². The molecule has 0 radical (unpaired) electrons. The summed E-state index contributed by atoms with van der Waals surface area (Å²) in [5.74, 6) is 3.09. The van der Waals surface area contributed by atoms with E-state index in [1.807, 2.05) is 93.6 Å². The number of benzene rings is 6. The summed E-state index contributed by atoms with van der Waals surface area (Å²) in [6, 6.07) is 42.7. The normalized spacial score (nSPS) is 17.8. The summed E-state index contributed by atoms with van der Waals surface area (Å²) in [5, 5.41) is 0.670. The topological polar surface area (TPSA) is 167 Å². The Labute approximate surface area is 463 Å². The number of likely N-dealkylation sites (tertiary alicyclic amines) is 3. The summed E-state index contributed by atoms with van der Waals surface area (Å²) in [5.41, 5.74) is 27.5. The Morgan fingerprint density at radius 1 is 0.449 bits per heavy atom. The van der Waals surface area contributed by atoms with Gasteiger partial charge in [0, 0.05) is 103 Å². The summed E-state index contributed by atoms with van der Waals surface area (Å²) in [4.78, 5) is 43.7. The van der Waals surface area contributed by atoms with Gasteiger partial charge in [0.15, 0.2) is 0 Å². The van der Waals surface area contributed by atoms with E-state index in [2.05, 4.69) is 30.3 Å². The number of hydrogen-bond acceptors (Lipinski definition) is 9. The third-order valence-corrected chi connectivity index (χ3v) is 17.5. The van der Waals surface area contributed by atoms with E-state index in [9.17, 15) is 18.8 Å². The first kappa shape index (κ1) is 54.6. The van der Waals surface area contributed by atoms with Crippen molar-refractivity contribution in [3.05, 3.63) is 194 Å². The van der Waals surface area contributed by atoms with Gasteiger partial charge in [-0.1, -0.05) is 103 Å². The van der Waals surface area contributed by atoms with Crippen LogP contribution in [-0.4, -0.2) is 91.5 Å². The number of halogens is 2. The lowest BCUT2D eigenvalue weighted by atomic mass is 9.74. The van der Waals surface area contributed by atoms with Gasteiger partial charge in [-0.25, -0.2) is 4.39 Å². The monoisotopic (exact) mass is 1070 g/mol. The molecule has 6 heterocycles. The number of aryl methyl sites for hydroxylation is 1. The molecular weight excluding hydrogens is 1000 g/mol. The van der Waals surface area contributed by atoms with Crippen molar-refractivity contribution < 1.29 is 33.0 Å². The second-order valence-corrected chi connectivity index (χ2v) is 22.5. The molecule has 14 heteroatoms. The Kier molecular flexibility index (Phi) is 16.8. The van der Waals surface area contributed by atoms with Crippen molar-refractivity contribution in [2.75, 3.05) is 59.1 Å². The number of nitrogens with two attached hydrogens (primary N) is 3. The van der Waals surface area contributed by atoms with Crippen LogP contribution in [0.4, 0.5) is 4.39 Å². The molecule has 12 rings (SSSR count). The fraction of sp³-hybridized carbons (Fsp3) is 0.391. The molecule has 6 N–H and O–H groups in total. The molecule has 0 bridgehead atoms. The zero-order chi connectivity index (χ0) is 54.3. The third kappa shape index (κ3) is 12.1. The lowest BCUT2D eigenvalue weighted by molar-refractivity contribution is -0.133. The number of rotatable bonds is 10. The number of carbonyl (C=O) groups excluding carboxylic acids is 3. The first-order valence-corrected chi connectivity index (χ1v) is 28.0. The zero-order valence-electron chi connectivity index (χ0n) is 44.5. The molecular formula is C64H72ClFN6O6. The Morgan fingerprint density at radius 3 is 1.23 bits per heavy atom. The Morgan fingerprint density at radius 2 is 0.833 bits per heavy atom. The van der Waals surface area contributed by atoms with Crippen molar-refractivity contribution in [1.29, 1.82) is 0 Å². The quantitative estimate of drug-likeness (QED) is 0.121. The van der Waals surface area contributed by atoms with Gasteiger partial charge in [-0.3, -0.25) is 14.4 Å². The third-order valence-electron chi connectivity index (χ3n) is 17.2. The second-order valence-electron chi connectivity index (χ2n) is 22.1. The van der Waals surface area contributed by atoms with Crippen molar-refractivity contribution in [1.82, 2.24) is 14.7 Å². The van der Waals surface area contributed by atoms with Crippen LogP contribution in [0.25, 0.3) is 0 Å². The first-order chi connectivity index (χ1) is 37.9. The smallest absolute Gasteiger partial charge is 0.226 e. The van der Waals surface area contributed by atoms with E-state index in [4.69, 9.17) is 43.0 Å². The average Bonchev–Trinajstić information content (AvgIpc) is 4.34. The maximum atomic E-state index is 13.3. The van der Waals surface area contributed by atoms with Crippen LogP contribution in [0.1, 0.15) is 95.0 Å². The number of ether oxygens (including phenoxy) is 3. The van der Waals surface area contributed by atoms with Gasteiger partial charge in [0.1, 0.15) is 23.1 Å². The highest BCUT2D eigenvalue weighted by molar-refractivity contribution is 6.30. The molecule has 0 aliphatic carbocycles. The van der Waals surface area contributed by atoms with Crippen LogP contribution in [0, 0.1) is 5.82 Å². The highest BCUT2D eigenvalue weighted by atomic mass is 35.5. The summed E-state index contributed by atoms with van der Waals surface area (Å²) in [6.45, 7) is 8.23. The Bertz CT molecular complexity index is 2960. The Hall–Kier alpha value is -6.77. The van der Waals surface area contributed by atoms with Crippen LogP contribution in [0.3, 0.4) is 0 Å². The molecule has 3 saturated heterocycles.